The molecule has 0 saturated heterocycles. The molecule has 0 bridgehead atoms. The minimum Gasteiger partial charge on any atom is -0.497 e. The first-order valence-corrected chi connectivity index (χ1v) is 8.11. The topological polar surface area (TPSA) is 73.6 Å². The zero-order chi connectivity index (χ0) is 17.6. The van der Waals surface area contributed by atoms with Crippen molar-refractivity contribution in [2.75, 3.05) is 19.0 Å². The average Bonchev–Trinajstić information content (AvgIpc) is 2.56. The molecule has 0 heterocycles. The Morgan fingerprint density at radius 2 is 2.00 bits per heavy atom. The predicted molar refractivity (Wildman–Crippen MR) is 94.7 cm³/mol. The van der Waals surface area contributed by atoms with Gasteiger partial charge in [-0.1, -0.05) is 19.3 Å². The summed E-state index contributed by atoms with van der Waals surface area (Å²) in [4.78, 5) is 12.4. The molecule has 0 spiro atoms. The summed E-state index contributed by atoms with van der Waals surface area (Å²) in [6.07, 6.45) is 5.37. The number of carbonyl (C=O) groups excluding carboxylic acids is 1. The molecule has 1 aliphatic rings. The first kappa shape index (κ1) is 21.4. The van der Waals surface area contributed by atoms with Gasteiger partial charge < -0.3 is 20.5 Å². The second-order valence-electron chi connectivity index (χ2n) is 6.23. The number of anilines is 1. The van der Waals surface area contributed by atoms with Crippen LogP contribution in [-0.2, 0) is 4.79 Å². The molecule has 25 heavy (non-hydrogen) atoms. The second kappa shape index (κ2) is 9.77. The molecule has 1 aromatic rings. The highest BCUT2D eigenvalue weighted by Gasteiger charge is 2.33. The fourth-order valence-corrected chi connectivity index (χ4v) is 3.22. The van der Waals surface area contributed by atoms with Crippen molar-refractivity contribution in [3.8, 4) is 11.5 Å². The molecular weight excluding hydrogens is 354 g/mol. The van der Waals surface area contributed by atoms with Gasteiger partial charge in [-0.15, -0.1) is 12.4 Å². The number of amides is 1. The Balaban J connectivity index is 0.00000312. The fourth-order valence-electron chi connectivity index (χ4n) is 3.22. The van der Waals surface area contributed by atoms with Crippen molar-refractivity contribution in [3.05, 3.63) is 18.2 Å². The molecule has 1 aromatic carbocycles. The van der Waals surface area contributed by atoms with Crippen molar-refractivity contribution in [1.29, 1.82) is 0 Å². The summed E-state index contributed by atoms with van der Waals surface area (Å²) in [5.41, 5.74) is 5.86. The molecule has 1 saturated carbocycles. The van der Waals surface area contributed by atoms with Crippen LogP contribution in [0.3, 0.4) is 0 Å². The van der Waals surface area contributed by atoms with Crippen LogP contribution in [0, 0.1) is 5.41 Å². The number of nitrogens with two attached hydrogens (primary N) is 1. The molecular formula is C17H25ClF2N2O3. The number of methoxy groups -OCH3 is 1. The molecule has 142 valence electrons. The summed E-state index contributed by atoms with van der Waals surface area (Å²) in [6, 6.07) is 4.31. The van der Waals surface area contributed by atoms with Crippen LogP contribution in [0.1, 0.15) is 38.5 Å². The number of benzene rings is 1. The standard InChI is InChI=1S/C17H24F2N2O3.ClH/c1-23-12-5-6-14(24-16(18)19)13(9-12)21-15(22)10-17(11-20)7-3-2-4-8-17;/h5-6,9,16H,2-4,7-8,10-11,20H2,1H3,(H,21,22);1H. The zero-order valence-electron chi connectivity index (χ0n) is 14.2. The van der Waals surface area contributed by atoms with Gasteiger partial charge in [-0.2, -0.15) is 8.78 Å². The highest BCUT2D eigenvalue weighted by Crippen LogP contribution is 2.39. The van der Waals surface area contributed by atoms with Crippen LogP contribution in [0.15, 0.2) is 18.2 Å². The molecule has 0 aliphatic heterocycles. The number of halogens is 3. The van der Waals surface area contributed by atoms with Crippen LogP contribution in [0.25, 0.3) is 0 Å². The van der Waals surface area contributed by atoms with E-state index in [0.29, 0.717) is 12.3 Å². The second-order valence-corrected chi connectivity index (χ2v) is 6.23. The van der Waals surface area contributed by atoms with Crippen LogP contribution in [0.5, 0.6) is 11.5 Å². The van der Waals surface area contributed by atoms with Crippen molar-refractivity contribution < 1.29 is 23.0 Å². The van der Waals surface area contributed by atoms with E-state index in [1.807, 2.05) is 0 Å². The first-order valence-electron chi connectivity index (χ1n) is 8.11. The molecule has 0 unspecified atom stereocenters. The monoisotopic (exact) mass is 378 g/mol. The number of nitrogens with one attached hydrogen (secondary N) is 1. The number of hydrogen-bond acceptors (Lipinski definition) is 4. The lowest BCUT2D eigenvalue weighted by molar-refractivity contribution is -0.118. The third-order valence-electron chi connectivity index (χ3n) is 4.56. The lowest BCUT2D eigenvalue weighted by atomic mass is 9.71. The smallest absolute Gasteiger partial charge is 0.387 e. The molecule has 0 aromatic heterocycles. The Morgan fingerprint density at radius 3 is 2.56 bits per heavy atom. The van der Waals surface area contributed by atoms with Gasteiger partial charge >= 0.3 is 6.61 Å². The number of rotatable bonds is 7. The minimum absolute atomic E-state index is 0. The normalized spacial score (nSPS) is 16.0. The van der Waals surface area contributed by atoms with E-state index in [0.717, 1.165) is 32.1 Å². The van der Waals surface area contributed by atoms with E-state index >= 15 is 0 Å². The van der Waals surface area contributed by atoms with E-state index in [4.69, 9.17) is 10.5 Å². The van der Waals surface area contributed by atoms with Crippen LogP contribution in [0.2, 0.25) is 0 Å². The van der Waals surface area contributed by atoms with E-state index in [2.05, 4.69) is 10.1 Å². The quantitative estimate of drug-likeness (QED) is 0.753. The summed E-state index contributed by atoms with van der Waals surface area (Å²) in [7, 11) is 1.46. The Labute approximate surface area is 152 Å². The minimum atomic E-state index is -2.97. The third-order valence-corrected chi connectivity index (χ3v) is 4.56. The van der Waals surface area contributed by atoms with Gasteiger partial charge in [-0.3, -0.25) is 4.79 Å². The molecule has 8 heteroatoms. The largest absolute Gasteiger partial charge is 0.497 e. The van der Waals surface area contributed by atoms with Gasteiger partial charge in [0, 0.05) is 12.5 Å². The molecule has 1 aliphatic carbocycles. The van der Waals surface area contributed by atoms with E-state index < -0.39 is 6.61 Å². The van der Waals surface area contributed by atoms with Gasteiger partial charge in [0.25, 0.3) is 0 Å². The van der Waals surface area contributed by atoms with Crippen LogP contribution < -0.4 is 20.5 Å². The van der Waals surface area contributed by atoms with Crippen LogP contribution >= 0.6 is 12.4 Å². The van der Waals surface area contributed by atoms with Crippen molar-refractivity contribution >= 4 is 24.0 Å². The van der Waals surface area contributed by atoms with Crippen LogP contribution in [-0.4, -0.2) is 26.2 Å². The Bertz CT molecular complexity index is 567. The number of alkyl halides is 2. The van der Waals surface area contributed by atoms with Gasteiger partial charge in [0.2, 0.25) is 5.91 Å². The van der Waals surface area contributed by atoms with Crippen molar-refractivity contribution in [3.63, 3.8) is 0 Å². The molecule has 3 N–H and O–H groups in total. The molecule has 1 amide bonds. The highest BCUT2D eigenvalue weighted by atomic mass is 35.5. The molecule has 0 radical (unpaired) electrons. The van der Waals surface area contributed by atoms with E-state index in [1.165, 1.54) is 25.3 Å². The lowest BCUT2D eigenvalue weighted by Crippen LogP contribution is -2.36. The van der Waals surface area contributed by atoms with E-state index in [9.17, 15) is 13.6 Å². The zero-order valence-corrected chi connectivity index (χ0v) is 15.0. The maximum Gasteiger partial charge on any atom is 0.387 e. The summed E-state index contributed by atoms with van der Waals surface area (Å²) in [5.74, 6) is 0.0948. The summed E-state index contributed by atoms with van der Waals surface area (Å²) in [5, 5.41) is 2.66. The van der Waals surface area contributed by atoms with Gasteiger partial charge in [0.15, 0.2) is 0 Å². The Morgan fingerprint density at radius 1 is 1.32 bits per heavy atom. The fraction of sp³-hybridized carbons (Fsp3) is 0.588. The Hall–Kier alpha value is -1.60. The third kappa shape index (κ3) is 6.01. The van der Waals surface area contributed by atoms with Crippen molar-refractivity contribution in [1.82, 2.24) is 0 Å². The summed E-state index contributed by atoms with van der Waals surface area (Å²) in [6.45, 7) is -2.53. The highest BCUT2D eigenvalue weighted by molar-refractivity contribution is 5.93. The van der Waals surface area contributed by atoms with Gasteiger partial charge in [0.05, 0.1) is 12.8 Å². The number of carbonyl (C=O) groups is 1. The van der Waals surface area contributed by atoms with Gasteiger partial charge in [-0.25, -0.2) is 0 Å². The molecule has 0 atom stereocenters. The molecule has 5 nitrogen and oxygen atoms in total. The first-order chi connectivity index (χ1) is 11.5. The molecule has 1 fully saturated rings. The number of ether oxygens (including phenoxy) is 2. The SMILES string of the molecule is COc1ccc(OC(F)F)c(NC(=O)CC2(CN)CCCCC2)c1.Cl. The van der Waals surface area contributed by atoms with Crippen LogP contribution in [0.4, 0.5) is 14.5 Å². The maximum atomic E-state index is 12.5. The van der Waals surface area contributed by atoms with Gasteiger partial charge in [-0.05, 0) is 36.9 Å². The average molecular weight is 379 g/mol. The lowest BCUT2D eigenvalue weighted by Gasteiger charge is -2.35. The van der Waals surface area contributed by atoms with Crippen molar-refractivity contribution in [2.24, 2.45) is 11.1 Å². The summed E-state index contributed by atoms with van der Waals surface area (Å²) < 4.78 is 34.6. The number of hydrogen-bond donors (Lipinski definition) is 2. The van der Waals surface area contributed by atoms with E-state index in [1.54, 1.807) is 0 Å². The maximum absolute atomic E-state index is 12.5. The molecule has 2 rings (SSSR count). The predicted octanol–water partition coefficient (Wildman–Crippen LogP) is 3.96. The summed E-state index contributed by atoms with van der Waals surface area (Å²) >= 11 is 0. The van der Waals surface area contributed by atoms with Crippen molar-refractivity contribution in [2.45, 2.75) is 45.1 Å². The van der Waals surface area contributed by atoms with E-state index in [-0.39, 0.29) is 41.6 Å². The van der Waals surface area contributed by atoms with Gasteiger partial charge in [0.1, 0.15) is 11.5 Å². The Kier molecular flexibility index (Phi) is 8.38.